The Morgan fingerprint density at radius 2 is 1.77 bits per heavy atom. The van der Waals surface area contributed by atoms with Crippen LogP contribution in [0, 0.1) is 11.3 Å². The van der Waals surface area contributed by atoms with E-state index in [1.54, 1.807) is 0 Å². The van der Waals surface area contributed by atoms with E-state index in [0.29, 0.717) is 6.42 Å². The molecule has 0 saturated heterocycles. The molecular weight excluding hydrogens is 272 g/mol. The number of hydrogen-bond donors (Lipinski definition) is 1. The van der Waals surface area contributed by atoms with Crippen molar-refractivity contribution in [2.75, 3.05) is 5.32 Å². The number of hydrogen-bond acceptors (Lipinski definition) is 3. The molecule has 114 valence electrons. The highest BCUT2D eigenvalue weighted by atomic mass is 16.5. The van der Waals surface area contributed by atoms with Crippen LogP contribution in [0.25, 0.3) is 0 Å². The summed E-state index contributed by atoms with van der Waals surface area (Å²) in [6.45, 7) is 4.16. The molecule has 0 fully saturated rings. The summed E-state index contributed by atoms with van der Waals surface area (Å²) in [5.74, 6) is 0.869. The van der Waals surface area contributed by atoms with Crippen LogP contribution in [-0.2, 0) is 0 Å². The molecule has 3 heteroatoms. The molecule has 1 N–H and O–H groups in total. The summed E-state index contributed by atoms with van der Waals surface area (Å²) in [6, 6.07) is 20.2. The van der Waals surface area contributed by atoms with Crippen LogP contribution < -0.4 is 10.1 Å². The van der Waals surface area contributed by atoms with Crippen molar-refractivity contribution < 1.29 is 4.74 Å². The van der Waals surface area contributed by atoms with Crippen molar-refractivity contribution in [1.29, 1.82) is 5.26 Å². The first kappa shape index (κ1) is 15.9. The van der Waals surface area contributed by atoms with Gasteiger partial charge in [0.1, 0.15) is 5.75 Å². The topological polar surface area (TPSA) is 45.0 Å². The molecule has 0 amide bonds. The van der Waals surface area contributed by atoms with E-state index in [4.69, 9.17) is 10.00 Å². The lowest BCUT2D eigenvalue weighted by molar-refractivity contribution is 0.217. The second-order valence-corrected chi connectivity index (χ2v) is 5.33. The van der Waals surface area contributed by atoms with Gasteiger partial charge in [0.05, 0.1) is 24.6 Å². The van der Waals surface area contributed by atoms with Gasteiger partial charge in [-0.3, -0.25) is 0 Å². The zero-order valence-corrected chi connectivity index (χ0v) is 13.1. The van der Waals surface area contributed by atoms with Crippen molar-refractivity contribution in [3.05, 3.63) is 60.2 Å². The fourth-order valence-corrected chi connectivity index (χ4v) is 2.17. The smallest absolute Gasteiger partial charge is 0.119 e. The van der Waals surface area contributed by atoms with Gasteiger partial charge < -0.3 is 10.1 Å². The molecule has 0 spiro atoms. The van der Waals surface area contributed by atoms with E-state index in [1.165, 1.54) is 0 Å². The van der Waals surface area contributed by atoms with Gasteiger partial charge in [-0.15, -0.1) is 0 Å². The largest absolute Gasteiger partial charge is 0.491 e. The molecule has 0 aliphatic rings. The van der Waals surface area contributed by atoms with E-state index < -0.39 is 0 Å². The highest BCUT2D eigenvalue weighted by molar-refractivity contribution is 5.46. The summed E-state index contributed by atoms with van der Waals surface area (Å²) in [5, 5.41) is 12.5. The average Bonchev–Trinajstić information content (AvgIpc) is 2.56. The molecule has 2 atom stereocenters. The number of nitriles is 1. The van der Waals surface area contributed by atoms with Crippen molar-refractivity contribution in [1.82, 2.24) is 0 Å². The zero-order chi connectivity index (χ0) is 15.8. The summed E-state index contributed by atoms with van der Waals surface area (Å²) in [5.41, 5.74) is 2.10. The van der Waals surface area contributed by atoms with E-state index >= 15 is 0 Å². The van der Waals surface area contributed by atoms with Crippen LogP contribution >= 0.6 is 0 Å². The van der Waals surface area contributed by atoms with Crippen LogP contribution in [0.4, 0.5) is 5.69 Å². The fourth-order valence-electron chi connectivity index (χ4n) is 2.17. The third-order valence-corrected chi connectivity index (χ3v) is 3.60. The third kappa shape index (κ3) is 4.53. The number of rotatable bonds is 7. The minimum Gasteiger partial charge on any atom is -0.491 e. The molecule has 0 aliphatic heterocycles. The van der Waals surface area contributed by atoms with Crippen LogP contribution in [-0.4, -0.2) is 6.10 Å². The highest BCUT2D eigenvalue weighted by Gasteiger charge is 2.11. The Hall–Kier alpha value is -2.47. The van der Waals surface area contributed by atoms with E-state index in [1.807, 2.05) is 54.6 Å². The average molecular weight is 294 g/mol. The minimum atomic E-state index is -0.0231. The van der Waals surface area contributed by atoms with E-state index in [-0.39, 0.29) is 12.1 Å². The second-order valence-electron chi connectivity index (χ2n) is 5.33. The molecule has 0 aromatic heterocycles. The van der Waals surface area contributed by atoms with Gasteiger partial charge in [-0.1, -0.05) is 37.3 Å². The maximum atomic E-state index is 9.07. The number of nitrogens with one attached hydrogen (secondary N) is 1. The second kappa shape index (κ2) is 8.09. The van der Waals surface area contributed by atoms with Crippen molar-refractivity contribution in [2.45, 2.75) is 38.8 Å². The molecule has 3 nitrogen and oxygen atoms in total. The van der Waals surface area contributed by atoms with E-state index in [9.17, 15) is 0 Å². The lowest BCUT2D eigenvalue weighted by atomic mass is 10.0. The fraction of sp³-hybridized carbons (Fsp3) is 0.316. The number of ether oxygens (including phenoxy) is 1. The van der Waals surface area contributed by atoms with Crippen LogP contribution in [0.5, 0.6) is 5.75 Å². The molecule has 0 saturated carbocycles. The Labute approximate surface area is 132 Å². The SMILES string of the molecule is CCC(C)Oc1ccc(C(CC#N)Nc2ccccc2)cc1. The molecule has 2 unspecified atom stereocenters. The summed E-state index contributed by atoms with van der Waals surface area (Å²) in [4.78, 5) is 0. The lowest BCUT2D eigenvalue weighted by Gasteiger charge is -2.19. The number of nitrogens with zero attached hydrogens (tertiary/aromatic N) is 1. The maximum Gasteiger partial charge on any atom is 0.119 e. The predicted octanol–water partition coefficient (Wildman–Crippen LogP) is 4.93. The Kier molecular flexibility index (Phi) is 5.85. The summed E-state index contributed by atoms with van der Waals surface area (Å²) in [7, 11) is 0. The predicted molar refractivity (Wildman–Crippen MR) is 89.9 cm³/mol. The van der Waals surface area contributed by atoms with E-state index in [2.05, 4.69) is 25.2 Å². The first-order chi connectivity index (χ1) is 10.7. The molecule has 22 heavy (non-hydrogen) atoms. The summed E-state index contributed by atoms with van der Waals surface area (Å²) >= 11 is 0. The number of benzene rings is 2. The van der Waals surface area contributed by atoms with Crippen LogP contribution in [0.2, 0.25) is 0 Å². The number of anilines is 1. The quantitative estimate of drug-likeness (QED) is 0.787. The molecule has 2 aromatic rings. The van der Waals surface area contributed by atoms with Crippen molar-refractivity contribution in [2.24, 2.45) is 0 Å². The van der Waals surface area contributed by atoms with Gasteiger partial charge in [-0.25, -0.2) is 0 Å². The molecule has 2 rings (SSSR count). The van der Waals surface area contributed by atoms with Gasteiger partial charge in [0, 0.05) is 5.69 Å². The van der Waals surface area contributed by atoms with Crippen LogP contribution in [0.15, 0.2) is 54.6 Å². The third-order valence-electron chi connectivity index (χ3n) is 3.60. The van der Waals surface area contributed by atoms with Gasteiger partial charge in [-0.05, 0) is 43.2 Å². The summed E-state index contributed by atoms with van der Waals surface area (Å²) < 4.78 is 5.79. The highest BCUT2D eigenvalue weighted by Crippen LogP contribution is 2.24. The molecule has 0 radical (unpaired) electrons. The monoisotopic (exact) mass is 294 g/mol. The molecule has 0 aliphatic carbocycles. The molecule has 0 heterocycles. The molecule has 2 aromatic carbocycles. The van der Waals surface area contributed by atoms with Gasteiger partial charge in [0.25, 0.3) is 0 Å². The first-order valence-corrected chi connectivity index (χ1v) is 7.68. The Morgan fingerprint density at radius 3 is 2.36 bits per heavy atom. The molecular formula is C19H22N2O. The normalized spacial score (nSPS) is 13.0. The van der Waals surface area contributed by atoms with Crippen LogP contribution in [0.1, 0.15) is 38.3 Å². The van der Waals surface area contributed by atoms with Gasteiger partial charge in [0.15, 0.2) is 0 Å². The lowest BCUT2D eigenvalue weighted by Crippen LogP contribution is -2.11. The standard InChI is InChI=1S/C19H22N2O/c1-3-15(2)22-18-11-9-16(10-12-18)19(13-14-20)21-17-7-5-4-6-8-17/h4-12,15,19,21H,3,13H2,1-2H3. The Bertz CT molecular complexity index is 602. The summed E-state index contributed by atoms with van der Waals surface area (Å²) in [6.07, 6.45) is 1.61. The number of para-hydroxylation sites is 1. The maximum absolute atomic E-state index is 9.07. The van der Waals surface area contributed by atoms with Gasteiger partial charge in [-0.2, -0.15) is 5.26 Å². The minimum absolute atomic E-state index is 0.0231. The Balaban J connectivity index is 2.10. The van der Waals surface area contributed by atoms with Crippen molar-refractivity contribution in [3.63, 3.8) is 0 Å². The molecule has 0 bridgehead atoms. The first-order valence-electron chi connectivity index (χ1n) is 7.68. The van der Waals surface area contributed by atoms with Crippen LogP contribution in [0.3, 0.4) is 0 Å². The Morgan fingerprint density at radius 1 is 1.09 bits per heavy atom. The van der Waals surface area contributed by atoms with Crippen molar-refractivity contribution in [3.8, 4) is 11.8 Å². The van der Waals surface area contributed by atoms with Gasteiger partial charge in [0.2, 0.25) is 0 Å². The zero-order valence-electron chi connectivity index (χ0n) is 13.1. The van der Waals surface area contributed by atoms with E-state index in [0.717, 1.165) is 23.4 Å². The van der Waals surface area contributed by atoms with Gasteiger partial charge >= 0.3 is 0 Å². The van der Waals surface area contributed by atoms with Crippen molar-refractivity contribution >= 4 is 5.69 Å².